The zero-order chi connectivity index (χ0) is 12.5. The lowest BCUT2D eigenvalue weighted by atomic mass is 9.97. The molecule has 1 atom stereocenters. The van der Waals surface area contributed by atoms with Crippen LogP contribution in [0.1, 0.15) is 45.3 Å². The van der Waals surface area contributed by atoms with Gasteiger partial charge in [-0.05, 0) is 37.4 Å². The first kappa shape index (κ1) is 12.9. The smallest absolute Gasteiger partial charge is 0.246 e. The zero-order valence-electron chi connectivity index (χ0n) is 10.8. The van der Waals surface area contributed by atoms with Crippen LogP contribution in [-0.4, -0.2) is 15.9 Å². The second-order valence-electron chi connectivity index (χ2n) is 5.48. The fourth-order valence-corrected chi connectivity index (χ4v) is 2.66. The number of thioether (sulfide) groups is 1. The van der Waals surface area contributed by atoms with Crippen LogP contribution < -0.4 is 5.73 Å². The Labute approximate surface area is 107 Å². The predicted octanol–water partition coefficient (Wildman–Crippen LogP) is 2.54. The zero-order valence-corrected chi connectivity index (χ0v) is 11.6. The molecule has 0 bridgehead atoms. The SMILES string of the molecule is CC(C)CSCc1noc(C(C)(N)C2CC2)n1. The molecule has 5 heteroatoms. The average Bonchev–Trinajstić information content (AvgIpc) is 2.99. The van der Waals surface area contributed by atoms with E-state index in [2.05, 4.69) is 24.0 Å². The molecular formula is C12H21N3OS. The maximum atomic E-state index is 6.23. The van der Waals surface area contributed by atoms with Crippen molar-refractivity contribution < 1.29 is 4.52 Å². The van der Waals surface area contributed by atoms with Crippen LogP contribution in [0, 0.1) is 11.8 Å². The number of aromatic nitrogens is 2. The van der Waals surface area contributed by atoms with Gasteiger partial charge in [-0.3, -0.25) is 0 Å². The van der Waals surface area contributed by atoms with Crippen LogP contribution in [0.3, 0.4) is 0 Å². The molecule has 1 heterocycles. The fraction of sp³-hybridized carbons (Fsp3) is 0.833. The van der Waals surface area contributed by atoms with Crippen molar-refractivity contribution in [3.63, 3.8) is 0 Å². The molecule has 0 radical (unpaired) electrons. The lowest BCUT2D eigenvalue weighted by Crippen LogP contribution is -2.35. The Morgan fingerprint density at radius 3 is 2.82 bits per heavy atom. The van der Waals surface area contributed by atoms with Gasteiger partial charge >= 0.3 is 0 Å². The molecule has 4 nitrogen and oxygen atoms in total. The van der Waals surface area contributed by atoms with Gasteiger partial charge in [-0.2, -0.15) is 16.7 Å². The third-order valence-corrected chi connectivity index (χ3v) is 4.40. The summed E-state index contributed by atoms with van der Waals surface area (Å²) in [6, 6.07) is 0. The van der Waals surface area contributed by atoms with Crippen molar-refractivity contribution >= 4 is 11.8 Å². The molecule has 17 heavy (non-hydrogen) atoms. The van der Waals surface area contributed by atoms with E-state index in [0.29, 0.717) is 17.7 Å². The summed E-state index contributed by atoms with van der Waals surface area (Å²) in [6.45, 7) is 6.40. The number of nitrogens with two attached hydrogens (primary N) is 1. The first-order valence-corrected chi connectivity index (χ1v) is 7.35. The van der Waals surface area contributed by atoms with E-state index in [9.17, 15) is 0 Å². The fourth-order valence-electron chi connectivity index (χ4n) is 1.77. The van der Waals surface area contributed by atoms with E-state index in [1.807, 2.05) is 18.7 Å². The van der Waals surface area contributed by atoms with Crippen LogP contribution in [0.15, 0.2) is 4.52 Å². The Hall–Kier alpha value is -0.550. The Kier molecular flexibility index (Phi) is 3.78. The van der Waals surface area contributed by atoms with E-state index in [-0.39, 0.29) is 0 Å². The van der Waals surface area contributed by atoms with E-state index in [0.717, 1.165) is 17.3 Å². The van der Waals surface area contributed by atoms with Gasteiger partial charge in [-0.15, -0.1) is 0 Å². The molecule has 2 rings (SSSR count). The number of hydrogen-bond acceptors (Lipinski definition) is 5. The average molecular weight is 255 g/mol. The van der Waals surface area contributed by atoms with Crippen LogP contribution in [0.5, 0.6) is 0 Å². The van der Waals surface area contributed by atoms with E-state index in [1.54, 1.807) is 0 Å². The molecule has 0 spiro atoms. The number of hydrogen-bond donors (Lipinski definition) is 1. The molecular weight excluding hydrogens is 234 g/mol. The third-order valence-electron chi connectivity index (χ3n) is 3.04. The minimum atomic E-state index is -0.437. The topological polar surface area (TPSA) is 64.9 Å². The quantitative estimate of drug-likeness (QED) is 0.846. The van der Waals surface area contributed by atoms with Crippen LogP contribution in [0.4, 0.5) is 0 Å². The molecule has 1 fully saturated rings. The van der Waals surface area contributed by atoms with E-state index < -0.39 is 5.54 Å². The van der Waals surface area contributed by atoms with Gasteiger partial charge in [0.1, 0.15) is 0 Å². The summed E-state index contributed by atoms with van der Waals surface area (Å²) < 4.78 is 5.29. The summed E-state index contributed by atoms with van der Waals surface area (Å²) in [5.41, 5.74) is 5.79. The molecule has 1 aromatic rings. The number of rotatable bonds is 6. The molecule has 1 saturated carbocycles. The Morgan fingerprint density at radius 1 is 1.53 bits per heavy atom. The highest BCUT2D eigenvalue weighted by atomic mass is 32.2. The normalized spacial score (nSPS) is 19.6. The summed E-state index contributed by atoms with van der Waals surface area (Å²) in [5.74, 6) is 4.49. The summed E-state index contributed by atoms with van der Waals surface area (Å²) in [6.07, 6.45) is 2.35. The molecule has 96 valence electrons. The van der Waals surface area contributed by atoms with E-state index >= 15 is 0 Å². The minimum absolute atomic E-state index is 0.437. The number of nitrogens with zero attached hydrogens (tertiary/aromatic N) is 2. The van der Waals surface area contributed by atoms with Gasteiger partial charge in [0.15, 0.2) is 5.82 Å². The summed E-state index contributed by atoms with van der Waals surface area (Å²) in [5, 5.41) is 4.00. The molecule has 0 amide bonds. The van der Waals surface area contributed by atoms with Gasteiger partial charge < -0.3 is 10.3 Å². The molecule has 0 aliphatic heterocycles. The van der Waals surface area contributed by atoms with Gasteiger partial charge in [0.25, 0.3) is 0 Å². The summed E-state index contributed by atoms with van der Waals surface area (Å²) in [7, 11) is 0. The van der Waals surface area contributed by atoms with Crippen molar-refractivity contribution in [3.8, 4) is 0 Å². The molecule has 1 aliphatic rings. The highest BCUT2D eigenvalue weighted by molar-refractivity contribution is 7.98. The first-order chi connectivity index (χ1) is 8.00. The second-order valence-corrected chi connectivity index (χ2v) is 6.51. The maximum Gasteiger partial charge on any atom is 0.246 e. The standard InChI is InChI=1S/C12H21N3OS/c1-8(2)6-17-7-10-14-11(16-15-10)12(3,13)9-4-5-9/h8-9H,4-7,13H2,1-3H3. The van der Waals surface area contributed by atoms with Gasteiger partial charge in [0, 0.05) is 0 Å². The van der Waals surface area contributed by atoms with Crippen molar-refractivity contribution in [2.24, 2.45) is 17.6 Å². The lowest BCUT2D eigenvalue weighted by molar-refractivity contribution is 0.272. The van der Waals surface area contributed by atoms with Crippen molar-refractivity contribution in [3.05, 3.63) is 11.7 Å². The van der Waals surface area contributed by atoms with Gasteiger partial charge in [0.05, 0.1) is 11.3 Å². The molecule has 2 N–H and O–H groups in total. The molecule has 1 aromatic heterocycles. The van der Waals surface area contributed by atoms with Gasteiger partial charge in [-0.25, -0.2) is 0 Å². The van der Waals surface area contributed by atoms with Crippen molar-refractivity contribution in [1.29, 1.82) is 0 Å². The van der Waals surface area contributed by atoms with Crippen molar-refractivity contribution in [1.82, 2.24) is 10.1 Å². The van der Waals surface area contributed by atoms with E-state index in [4.69, 9.17) is 10.3 Å². The van der Waals surface area contributed by atoms with Crippen molar-refractivity contribution in [2.45, 2.75) is 44.9 Å². The Bertz CT molecular complexity index is 372. The molecule has 1 aliphatic carbocycles. The minimum Gasteiger partial charge on any atom is -0.337 e. The van der Waals surface area contributed by atoms with Crippen LogP contribution >= 0.6 is 11.8 Å². The van der Waals surface area contributed by atoms with Crippen LogP contribution in [-0.2, 0) is 11.3 Å². The van der Waals surface area contributed by atoms with Gasteiger partial charge in [0.2, 0.25) is 5.89 Å². The Balaban J connectivity index is 1.91. The van der Waals surface area contributed by atoms with Crippen LogP contribution in [0.2, 0.25) is 0 Å². The summed E-state index contributed by atoms with van der Waals surface area (Å²) in [4.78, 5) is 4.42. The third kappa shape index (κ3) is 3.22. The molecule has 1 unspecified atom stereocenters. The van der Waals surface area contributed by atoms with Gasteiger partial charge in [-0.1, -0.05) is 19.0 Å². The Morgan fingerprint density at radius 2 is 2.24 bits per heavy atom. The first-order valence-electron chi connectivity index (χ1n) is 6.20. The largest absolute Gasteiger partial charge is 0.337 e. The second kappa shape index (κ2) is 4.98. The van der Waals surface area contributed by atoms with Crippen LogP contribution in [0.25, 0.3) is 0 Å². The monoisotopic (exact) mass is 255 g/mol. The lowest BCUT2D eigenvalue weighted by Gasteiger charge is -2.18. The highest BCUT2D eigenvalue weighted by Crippen LogP contribution is 2.43. The van der Waals surface area contributed by atoms with E-state index in [1.165, 1.54) is 12.8 Å². The predicted molar refractivity (Wildman–Crippen MR) is 69.6 cm³/mol. The summed E-state index contributed by atoms with van der Waals surface area (Å²) >= 11 is 1.84. The maximum absolute atomic E-state index is 6.23. The van der Waals surface area contributed by atoms with Crippen molar-refractivity contribution in [2.75, 3.05) is 5.75 Å². The molecule has 0 saturated heterocycles. The molecule has 0 aromatic carbocycles. The highest BCUT2D eigenvalue weighted by Gasteiger charge is 2.43.